The van der Waals surface area contributed by atoms with E-state index in [0.29, 0.717) is 24.5 Å². The van der Waals surface area contributed by atoms with Crippen LogP contribution in [0.3, 0.4) is 0 Å². The van der Waals surface area contributed by atoms with E-state index in [4.69, 9.17) is 9.47 Å². The highest BCUT2D eigenvalue weighted by atomic mass is 32.2. The average molecular weight is 356 g/mol. The first-order chi connectivity index (χ1) is 11.3. The van der Waals surface area contributed by atoms with E-state index in [1.807, 2.05) is 13.0 Å². The fourth-order valence-electron chi connectivity index (χ4n) is 2.69. The van der Waals surface area contributed by atoms with Crippen molar-refractivity contribution in [1.29, 1.82) is 0 Å². The molecule has 2 atom stereocenters. The van der Waals surface area contributed by atoms with Crippen molar-refractivity contribution in [3.8, 4) is 5.75 Å². The lowest BCUT2D eigenvalue weighted by atomic mass is 10.0. The summed E-state index contributed by atoms with van der Waals surface area (Å²) < 4.78 is 36.0. The van der Waals surface area contributed by atoms with E-state index in [-0.39, 0.29) is 23.6 Å². The highest BCUT2D eigenvalue weighted by Crippen LogP contribution is 2.24. The van der Waals surface area contributed by atoms with Crippen molar-refractivity contribution in [2.24, 2.45) is 5.92 Å². The van der Waals surface area contributed by atoms with Gasteiger partial charge in [-0.25, -0.2) is 12.7 Å². The van der Waals surface area contributed by atoms with Gasteiger partial charge in [0.05, 0.1) is 37.7 Å². The Labute approximate surface area is 143 Å². The van der Waals surface area contributed by atoms with Gasteiger partial charge in [-0.1, -0.05) is 12.1 Å². The number of ether oxygens (including phenoxy) is 2. The molecule has 2 rings (SSSR count). The lowest BCUT2D eigenvalue weighted by molar-refractivity contribution is 0.0923. The molecule has 1 N–H and O–H groups in total. The number of amides is 1. The zero-order valence-electron chi connectivity index (χ0n) is 14.4. The fraction of sp³-hybridized carbons (Fsp3) is 0.562. The molecule has 0 aromatic heterocycles. The number of hydrogen-bond donors (Lipinski definition) is 1. The number of hydrogen-bond acceptors (Lipinski definition) is 5. The maximum Gasteiger partial charge on any atom is 0.255 e. The number of carbonyl (C=O) groups excluding carboxylic acids is 1. The summed E-state index contributed by atoms with van der Waals surface area (Å²) in [6, 6.07) is 4.98. The van der Waals surface area contributed by atoms with Gasteiger partial charge in [-0.2, -0.15) is 0 Å². The van der Waals surface area contributed by atoms with Crippen molar-refractivity contribution in [2.45, 2.75) is 13.0 Å². The third-order valence-corrected chi connectivity index (χ3v) is 6.12. The summed E-state index contributed by atoms with van der Waals surface area (Å²) in [6.07, 6.45) is 0. The zero-order valence-corrected chi connectivity index (χ0v) is 15.2. The van der Waals surface area contributed by atoms with Crippen LogP contribution in [0.25, 0.3) is 0 Å². The van der Waals surface area contributed by atoms with Crippen LogP contribution in [0.5, 0.6) is 5.75 Å². The van der Waals surface area contributed by atoms with Gasteiger partial charge in [0.2, 0.25) is 10.0 Å². The molecule has 0 saturated carbocycles. The third-order valence-electron chi connectivity index (χ3n) is 4.16. The second-order valence-corrected chi connectivity index (χ2v) is 8.32. The van der Waals surface area contributed by atoms with Crippen LogP contribution in [0.1, 0.15) is 15.9 Å². The second kappa shape index (κ2) is 7.50. The number of rotatable bonds is 6. The van der Waals surface area contributed by atoms with E-state index < -0.39 is 10.0 Å². The number of nitrogens with one attached hydrogen (secondary N) is 1. The summed E-state index contributed by atoms with van der Waals surface area (Å²) in [7, 11) is 1.15. The summed E-state index contributed by atoms with van der Waals surface area (Å²) in [5.41, 5.74) is 1.29. The molecule has 1 aromatic rings. The molecule has 1 fully saturated rings. The lowest BCUT2D eigenvalue weighted by Crippen LogP contribution is -2.43. The van der Waals surface area contributed by atoms with E-state index in [2.05, 4.69) is 5.32 Å². The second-order valence-electron chi connectivity index (χ2n) is 6.09. The fourth-order valence-corrected chi connectivity index (χ4v) is 3.86. The van der Waals surface area contributed by atoms with E-state index in [1.54, 1.807) is 12.1 Å². The van der Waals surface area contributed by atoms with Crippen molar-refractivity contribution in [1.82, 2.24) is 9.62 Å². The van der Waals surface area contributed by atoms with Crippen LogP contribution in [-0.2, 0) is 14.8 Å². The van der Waals surface area contributed by atoms with E-state index >= 15 is 0 Å². The number of methoxy groups -OCH3 is 1. The summed E-state index contributed by atoms with van der Waals surface area (Å²) in [4.78, 5) is 12.6. The molecule has 1 saturated heterocycles. The topological polar surface area (TPSA) is 84.9 Å². The van der Waals surface area contributed by atoms with E-state index in [1.165, 1.54) is 25.5 Å². The average Bonchev–Trinajstić information content (AvgIpc) is 2.93. The Morgan fingerprint density at radius 3 is 2.71 bits per heavy atom. The largest absolute Gasteiger partial charge is 0.496 e. The van der Waals surface area contributed by atoms with Gasteiger partial charge in [0.15, 0.2) is 0 Å². The Bertz CT molecular complexity index is 702. The minimum atomic E-state index is -3.36. The Morgan fingerprint density at radius 2 is 2.08 bits per heavy atom. The maximum atomic E-state index is 12.6. The summed E-state index contributed by atoms with van der Waals surface area (Å²) in [6.45, 7) is 2.47. The van der Waals surface area contributed by atoms with Gasteiger partial charge in [-0.3, -0.25) is 4.79 Å². The van der Waals surface area contributed by atoms with Crippen LogP contribution >= 0.6 is 0 Å². The van der Waals surface area contributed by atoms with Gasteiger partial charge in [0.25, 0.3) is 5.91 Å². The molecule has 8 heteroatoms. The first-order valence-electron chi connectivity index (χ1n) is 7.68. The molecule has 134 valence electrons. The number of nitrogens with zero attached hydrogens (tertiary/aromatic N) is 1. The van der Waals surface area contributed by atoms with Gasteiger partial charge in [-0.15, -0.1) is 0 Å². The van der Waals surface area contributed by atoms with Crippen LogP contribution in [0.2, 0.25) is 0 Å². The summed E-state index contributed by atoms with van der Waals surface area (Å²) in [5, 5.41) is 2.88. The van der Waals surface area contributed by atoms with Crippen LogP contribution in [0.15, 0.2) is 18.2 Å². The summed E-state index contributed by atoms with van der Waals surface area (Å²) >= 11 is 0. The highest BCUT2D eigenvalue weighted by molar-refractivity contribution is 7.89. The Kier molecular flexibility index (Phi) is 5.84. The lowest BCUT2D eigenvalue weighted by Gasteiger charge is -2.21. The smallest absolute Gasteiger partial charge is 0.255 e. The number of sulfonamides is 1. The molecule has 1 aromatic carbocycles. The molecular formula is C16H24N2O5S. The Hall–Kier alpha value is -1.64. The van der Waals surface area contributed by atoms with Gasteiger partial charge in [-0.05, 0) is 18.6 Å². The van der Waals surface area contributed by atoms with Gasteiger partial charge >= 0.3 is 0 Å². The van der Waals surface area contributed by atoms with Crippen molar-refractivity contribution >= 4 is 15.9 Å². The van der Waals surface area contributed by atoms with Gasteiger partial charge in [0.1, 0.15) is 5.75 Å². The van der Waals surface area contributed by atoms with E-state index in [9.17, 15) is 13.2 Å². The molecule has 0 spiro atoms. The zero-order chi connectivity index (χ0) is 17.9. The predicted octanol–water partition coefficient (Wildman–Crippen LogP) is 0.640. The minimum Gasteiger partial charge on any atom is -0.496 e. The number of carbonyl (C=O) groups is 1. The van der Waals surface area contributed by atoms with Crippen molar-refractivity contribution in [3.63, 3.8) is 0 Å². The molecular weight excluding hydrogens is 332 g/mol. The molecule has 2 unspecified atom stereocenters. The number of aryl methyl sites for hydroxylation is 1. The normalized spacial score (nSPS) is 21.0. The molecule has 7 nitrogen and oxygen atoms in total. The van der Waals surface area contributed by atoms with Crippen LogP contribution in [0, 0.1) is 12.8 Å². The van der Waals surface area contributed by atoms with Crippen LogP contribution < -0.4 is 10.1 Å². The number of benzene rings is 1. The first-order valence-corrected chi connectivity index (χ1v) is 9.29. The first kappa shape index (κ1) is 18.7. The molecule has 1 heterocycles. The van der Waals surface area contributed by atoms with Crippen molar-refractivity contribution in [3.05, 3.63) is 29.3 Å². The van der Waals surface area contributed by atoms with Gasteiger partial charge in [0, 0.05) is 20.0 Å². The highest BCUT2D eigenvalue weighted by Gasteiger charge is 2.34. The van der Waals surface area contributed by atoms with Gasteiger partial charge < -0.3 is 14.8 Å². The molecule has 24 heavy (non-hydrogen) atoms. The Morgan fingerprint density at radius 1 is 1.38 bits per heavy atom. The van der Waals surface area contributed by atoms with Crippen LogP contribution in [0.4, 0.5) is 0 Å². The standard InChI is InChI=1S/C16H24N2O5S/c1-11-6-5-7-13(15(11)22-4)16(19)17-14-9-23-8-12(14)10-24(20,21)18(2)3/h5-7,12,14H,8-10H2,1-4H3,(H,17,19). The third kappa shape index (κ3) is 4.06. The predicted molar refractivity (Wildman–Crippen MR) is 90.8 cm³/mol. The molecule has 1 aliphatic heterocycles. The van der Waals surface area contributed by atoms with E-state index in [0.717, 1.165) is 5.56 Å². The molecule has 0 aliphatic carbocycles. The maximum absolute atomic E-state index is 12.6. The summed E-state index contributed by atoms with van der Waals surface area (Å²) in [5.74, 6) is -0.113. The molecule has 1 aliphatic rings. The quantitative estimate of drug-likeness (QED) is 0.809. The number of para-hydroxylation sites is 1. The molecule has 0 bridgehead atoms. The van der Waals surface area contributed by atoms with Crippen LogP contribution in [-0.4, -0.2) is 64.8 Å². The monoisotopic (exact) mass is 356 g/mol. The van der Waals surface area contributed by atoms with Crippen molar-refractivity contribution < 1.29 is 22.7 Å². The Balaban J connectivity index is 2.12. The minimum absolute atomic E-state index is 0.0596. The molecule has 0 radical (unpaired) electrons. The van der Waals surface area contributed by atoms with Crippen molar-refractivity contribution in [2.75, 3.05) is 40.2 Å². The SMILES string of the molecule is COc1c(C)cccc1C(=O)NC1COCC1CS(=O)(=O)N(C)C. The molecule has 1 amide bonds.